The average molecular weight is 252 g/mol. The van der Waals surface area contributed by atoms with Crippen LogP contribution in [-0.2, 0) is 0 Å². The minimum Gasteiger partial charge on any atom is -0.369 e. The van der Waals surface area contributed by atoms with E-state index in [-0.39, 0.29) is 0 Å². The lowest BCUT2D eigenvalue weighted by atomic mass is 9.76. The molecule has 2 fully saturated rings. The van der Waals surface area contributed by atoms with E-state index in [0.29, 0.717) is 18.2 Å². The second kappa shape index (κ2) is 6.02. The molecular weight excluding hydrogens is 224 g/mol. The van der Waals surface area contributed by atoms with Gasteiger partial charge < -0.3 is 4.90 Å². The monoisotopic (exact) mass is 252 g/mol. The summed E-state index contributed by atoms with van der Waals surface area (Å²) in [6.45, 7) is 0. The molecule has 2 aliphatic rings. The van der Waals surface area contributed by atoms with Gasteiger partial charge in [-0.15, -0.1) is 0 Å². The smallest absolute Gasteiger partial charge is 0.0848 e. The van der Waals surface area contributed by atoms with Crippen molar-refractivity contribution in [3.8, 4) is 0 Å². The van der Waals surface area contributed by atoms with Crippen LogP contribution >= 0.6 is 0 Å². The van der Waals surface area contributed by atoms with Crippen LogP contribution in [0.25, 0.3) is 0 Å². The highest BCUT2D eigenvalue weighted by Gasteiger charge is 2.38. The molecule has 0 aromatic rings. The van der Waals surface area contributed by atoms with Gasteiger partial charge in [-0.3, -0.25) is 15.2 Å². The summed E-state index contributed by atoms with van der Waals surface area (Å²) >= 11 is 0. The number of rotatable bonds is 3. The fraction of sp³-hybridized carbons (Fsp3) is 0.929. The van der Waals surface area contributed by atoms with Crippen molar-refractivity contribution >= 4 is 6.34 Å². The maximum atomic E-state index is 4.83. The third-order valence-electron chi connectivity index (χ3n) is 4.30. The molecule has 4 unspecified atom stereocenters. The topological polar surface area (TPSA) is 30.9 Å². The molecule has 104 valence electrons. The molecule has 1 saturated heterocycles. The normalized spacial score (nSPS) is 36.9. The summed E-state index contributed by atoms with van der Waals surface area (Å²) in [6.07, 6.45) is 9.03. The summed E-state index contributed by atoms with van der Waals surface area (Å²) in [7, 11) is 8.42. The predicted molar refractivity (Wildman–Crippen MR) is 76.9 cm³/mol. The van der Waals surface area contributed by atoms with Crippen LogP contribution < -0.4 is 5.32 Å². The first-order chi connectivity index (χ1) is 8.58. The van der Waals surface area contributed by atoms with E-state index in [2.05, 4.69) is 24.3 Å². The first-order valence-corrected chi connectivity index (χ1v) is 7.20. The molecule has 1 aliphatic heterocycles. The maximum absolute atomic E-state index is 4.83. The van der Waals surface area contributed by atoms with E-state index in [9.17, 15) is 0 Å². The number of fused-ring (bicyclic) bond motifs is 1. The van der Waals surface area contributed by atoms with Crippen molar-refractivity contribution in [3.63, 3.8) is 0 Å². The summed E-state index contributed by atoms with van der Waals surface area (Å²) < 4.78 is 0. The minimum atomic E-state index is 0.480. The zero-order chi connectivity index (χ0) is 13.1. The second-order valence-corrected chi connectivity index (χ2v) is 6.23. The first kappa shape index (κ1) is 13.8. The zero-order valence-electron chi connectivity index (χ0n) is 12.3. The quantitative estimate of drug-likeness (QED) is 0.608. The van der Waals surface area contributed by atoms with Crippen LogP contribution in [0.3, 0.4) is 0 Å². The van der Waals surface area contributed by atoms with Crippen molar-refractivity contribution in [1.29, 1.82) is 0 Å². The largest absolute Gasteiger partial charge is 0.369 e. The van der Waals surface area contributed by atoms with Crippen LogP contribution in [0.5, 0.6) is 0 Å². The van der Waals surface area contributed by atoms with Gasteiger partial charge in [0, 0.05) is 20.1 Å². The Bertz CT molecular complexity index is 288. The van der Waals surface area contributed by atoms with Gasteiger partial charge in [-0.25, -0.2) is 0 Å². The van der Waals surface area contributed by atoms with Gasteiger partial charge in [0.25, 0.3) is 0 Å². The molecule has 1 aliphatic carbocycles. The van der Waals surface area contributed by atoms with E-state index in [1.807, 2.05) is 25.3 Å². The second-order valence-electron chi connectivity index (χ2n) is 6.23. The Morgan fingerprint density at radius 2 is 1.83 bits per heavy atom. The van der Waals surface area contributed by atoms with E-state index < -0.39 is 0 Å². The van der Waals surface area contributed by atoms with Crippen molar-refractivity contribution in [2.24, 2.45) is 10.9 Å². The van der Waals surface area contributed by atoms with Gasteiger partial charge in [-0.2, -0.15) is 0 Å². The molecule has 2 rings (SSSR count). The Morgan fingerprint density at radius 1 is 1.11 bits per heavy atom. The van der Waals surface area contributed by atoms with E-state index in [1.54, 1.807) is 0 Å². The van der Waals surface area contributed by atoms with Gasteiger partial charge in [0.05, 0.1) is 18.5 Å². The summed E-state index contributed by atoms with van der Waals surface area (Å²) in [5.74, 6) is 0.742. The Labute approximate surface area is 111 Å². The Hall–Kier alpha value is -0.610. The highest BCUT2D eigenvalue weighted by atomic mass is 15.3. The van der Waals surface area contributed by atoms with Crippen molar-refractivity contribution in [2.45, 2.75) is 50.4 Å². The van der Waals surface area contributed by atoms with Crippen LogP contribution in [0.15, 0.2) is 4.99 Å². The molecule has 0 amide bonds. The maximum Gasteiger partial charge on any atom is 0.0848 e. The lowest BCUT2D eigenvalue weighted by Gasteiger charge is -2.45. The van der Waals surface area contributed by atoms with Gasteiger partial charge >= 0.3 is 0 Å². The van der Waals surface area contributed by atoms with Crippen LogP contribution in [0.4, 0.5) is 0 Å². The third-order valence-corrected chi connectivity index (χ3v) is 4.30. The van der Waals surface area contributed by atoms with Gasteiger partial charge in [0.1, 0.15) is 0 Å². The van der Waals surface area contributed by atoms with Gasteiger partial charge in [-0.05, 0) is 39.3 Å². The highest BCUT2D eigenvalue weighted by Crippen LogP contribution is 2.34. The molecule has 1 saturated carbocycles. The fourth-order valence-corrected chi connectivity index (χ4v) is 3.30. The minimum absolute atomic E-state index is 0.480. The molecule has 0 aromatic carbocycles. The van der Waals surface area contributed by atoms with Crippen molar-refractivity contribution in [1.82, 2.24) is 15.1 Å². The summed E-state index contributed by atoms with van der Waals surface area (Å²) in [6, 6.07) is 1.16. The molecule has 18 heavy (non-hydrogen) atoms. The number of piperidine rings is 1. The van der Waals surface area contributed by atoms with Gasteiger partial charge in [-0.1, -0.05) is 12.8 Å². The van der Waals surface area contributed by atoms with E-state index in [4.69, 9.17) is 4.99 Å². The average Bonchev–Trinajstić information content (AvgIpc) is 2.35. The number of aliphatic imine (C=N–C) groups is 1. The lowest BCUT2D eigenvalue weighted by molar-refractivity contribution is 0.0888. The van der Waals surface area contributed by atoms with Crippen LogP contribution in [0.2, 0.25) is 0 Å². The fourth-order valence-electron chi connectivity index (χ4n) is 3.30. The molecule has 4 atom stereocenters. The third kappa shape index (κ3) is 3.23. The Balaban J connectivity index is 2.07. The molecule has 4 heteroatoms. The Morgan fingerprint density at radius 3 is 2.50 bits per heavy atom. The summed E-state index contributed by atoms with van der Waals surface area (Å²) in [4.78, 5) is 9.17. The lowest BCUT2D eigenvalue weighted by Crippen LogP contribution is -2.58. The molecule has 0 bridgehead atoms. The highest BCUT2D eigenvalue weighted by molar-refractivity contribution is 5.54. The van der Waals surface area contributed by atoms with Crippen LogP contribution in [0.1, 0.15) is 32.1 Å². The molecular formula is C14H28N4. The zero-order valence-corrected chi connectivity index (χ0v) is 12.3. The summed E-state index contributed by atoms with van der Waals surface area (Å²) in [5, 5.41) is 3.81. The van der Waals surface area contributed by atoms with Gasteiger partial charge in [0.15, 0.2) is 0 Å². The number of hydrogen-bond acceptors (Lipinski definition) is 3. The van der Waals surface area contributed by atoms with E-state index in [0.717, 1.165) is 12.3 Å². The molecule has 1 heterocycles. The predicted octanol–water partition coefficient (Wildman–Crippen LogP) is 1.38. The molecule has 1 N–H and O–H groups in total. The molecule has 0 aromatic heterocycles. The summed E-state index contributed by atoms with van der Waals surface area (Å²) in [5.41, 5.74) is 0. The van der Waals surface area contributed by atoms with E-state index >= 15 is 0 Å². The van der Waals surface area contributed by atoms with Crippen LogP contribution in [0, 0.1) is 5.92 Å². The molecule has 0 radical (unpaired) electrons. The standard InChI is InChI=1S/C14H28N4/c1-17(2)10-15-13-9-14(18(3)4)16-12-8-6-5-7-11(12)13/h10-14,16H,5-9H2,1-4H3. The number of nitrogens with one attached hydrogen (secondary N) is 1. The Kier molecular flexibility index (Phi) is 4.62. The first-order valence-electron chi connectivity index (χ1n) is 7.20. The van der Waals surface area contributed by atoms with E-state index in [1.165, 1.54) is 25.7 Å². The van der Waals surface area contributed by atoms with Crippen molar-refractivity contribution in [2.75, 3.05) is 28.2 Å². The molecule has 0 spiro atoms. The van der Waals surface area contributed by atoms with Crippen molar-refractivity contribution in [3.05, 3.63) is 0 Å². The number of hydrogen-bond donors (Lipinski definition) is 1. The molecule has 4 nitrogen and oxygen atoms in total. The SMILES string of the molecule is CN(C)C=NC1CC(N(C)C)NC2CCCCC12. The van der Waals surface area contributed by atoms with Gasteiger partial charge in [0.2, 0.25) is 0 Å². The van der Waals surface area contributed by atoms with Crippen LogP contribution in [-0.4, -0.2) is 62.6 Å². The van der Waals surface area contributed by atoms with Crippen molar-refractivity contribution < 1.29 is 0 Å². The number of nitrogens with zero attached hydrogens (tertiary/aromatic N) is 3.